The van der Waals surface area contributed by atoms with E-state index in [1.165, 1.54) is 24.1 Å². The largest absolute Gasteiger partial charge is 0.495 e. The van der Waals surface area contributed by atoms with E-state index in [9.17, 15) is 18.0 Å². The second kappa shape index (κ2) is 16.6. The molecule has 2 amide bonds. The van der Waals surface area contributed by atoms with Gasteiger partial charge in [-0.15, -0.1) is 0 Å². The minimum atomic E-state index is -4.28. The van der Waals surface area contributed by atoms with Crippen molar-refractivity contribution in [3.63, 3.8) is 0 Å². The van der Waals surface area contributed by atoms with Crippen LogP contribution in [0.1, 0.15) is 48.8 Å². The van der Waals surface area contributed by atoms with E-state index >= 15 is 0 Å². The van der Waals surface area contributed by atoms with Gasteiger partial charge in [0.25, 0.3) is 10.0 Å². The molecule has 49 heavy (non-hydrogen) atoms. The van der Waals surface area contributed by atoms with Gasteiger partial charge in [-0.05, 0) is 72.9 Å². The molecule has 1 atom stereocenters. The number of carbonyl (C=O) groups excluding carboxylic acids is 2. The molecule has 0 heterocycles. The number of anilines is 1. The van der Waals surface area contributed by atoms with E-state index in [1.54, 1.807) is 54.6 Å². The molecule has 4 aromatic rings. The molecule has 1 fully saturated rings. The molecule has 0 unspecified atom stereocenters. The summed E-state index contributed by atoms with van der Waals surface area (Å²) in [5.74, 6) is -0.616. The summed E-state index contributed by atoms with van der Waals surface area (Å²) in [5, 5.41) is 3.96. The predicted molar refractivity (Wildman–Crippen MR) is 195 cm³/mol. The zero-order chi connectivity index (χ0) is 35.0. The fourth-order valence-electron chi connectivity index (χ4n) is 6.16. The quantitative estimate of drug-likeness (QED) is 0.154. The smallest absolute Gasteiger partial charge is 0.264 e. The fourth-order valence-corrected chi connectivity index (χ4v) is 8.07. The molecule has 1 aliphatic rings. The highest BCUT2D eigenvalue weighted by molar-refractivity contribution is 7.92. The van der Waals surface area contributed by atoms with Crippen LogP contribution in [-0.4, -0.2) is 50.9 Å². The zero-order valence-electron chi connectivity index (χ0n) is 27.6. The molecule has 8 nitrogen and oxygen atoms in total. The second-order valence-electron chi connectivity index (χ2n) is 12.3. The number of rotatable bonds is 13. The average Bonchev–Trinajstić information content (AvgIpc) is 3.10. The van der Waals surface area contributed by atoms with Gasteiger partial charge >= 0.3 is 0 Å². The van der Waals surface area contributed by atoms with Crippen molar-refractivity contribution in [2.24, 2.45) is 0 Å². The number of ether oxygens (including phenoxy) is 1. The summed E-state index contributed by atoms with van der Waals surface area (Å²) in [5.41, 5.74) is 2.39. The number of sulfonamides is 1. The van der Waals surface area contributed by atoms with Crippen LogP contribution < -0.4 is 14.4 Å². The summed E-state index contributed by atoms with van der Waals surface area (Å²) in [6, 6.07) is 26.5. The van der Waals surface area contributed by atoms with E-state index in [0.717, 1.165) is 47.5 Å². The Morgan fingerprint density at radius 1 is 0.898 bits per heavy atom. The van der Waals surface area contributed by atoms with Crippen LogP contribution in [0.15, 0.2) is 102 Å². The van der Waals surface area contributed by atoms with E-state index < -0.39 is 28.5 Å². The van der Waals surface area contributed by atoms with Gasteiger partial charge in [-0.2, -0.15) is 0 Å². The van der Waals surface area contributed by atoms with Gasteiger partial charge in [0, 0.05) is 29.1 Å². The molecule has 0 radical (unpaired) electrons. The Balaban J connectivity index is 1.61. The molecule has 1 N–H and O–H groups in total. The normalized spacial score (nSPS) is 14.1. The van der Waals surface area contributed by atoms with Crippen molar-refractivity contribution in [3.05, 3.63) is 124 Å². The molecular weight excluding hydrogens is 681 g/mol. The summed E-state index contributed by atoms with van der Waals surface area (Å²) in [6.07, 6.45) is 5.07. The zero-order valence-corrected chi connectivity index (χ0v) is 30.0. The van der Waals surface area contributed by atoms with Gasteiger partial charge in [0.15, 0.2) is 0 Å². The molecule has 5 rings (SSSR count). The number of hydrogen-bond acceptors (Lipinski definition) is 5. The maximum absolute atomic E-state index is 14.8. The number of methoxy groups -OCH3 is 1. The standard InChI is InChI=1S/C38H41Cl2N3O5S/c1-27-18-21-36(48-2)34(22-27)43(49(46,47)32-16-10-5-11-17-32)26-37(44)42(25-29-19-20-30(39)24-33(29)40)35(23-28-12-6-3-7-13-28)38(45)41-31-14-8-4-9-15-31/h3,5-7,10-13,16-22,24,31,35H,4,8-9,14-15,23,25-26H2,1-2H3,(H,41,45)/t35-/m1/s1. The van der Waals surface area contributed by atoms with Gasteiger partial charge in [0.2, 0.25) is 11.8 Å². The Morgan fingerprint density at radius 2 is 1.57 bits per heavy atom. The first-order valence-corrected chi connectivity index (χ1v) is 18.6. The molecule has 0 aliphatic heterocycles. The molecular formula is C38H41Cl2N3O5S. The van der Waals surface area contributed by atoms with Crippen LogP contribution >= 0.6 is 23.2 Å². The van der Waals surface area contributed by atoms with E-state index in [0.29, 0.717) is 15.6 Å². The van der Waals surface area contributed by atoms with Crippen LogP contribution in [0.25, 0.3) is 0 Å². The molecule has 4 aromatic carbocycles. The van der Waals surface area contributed by atoms with E-state index in [2.05, 4.69) is 5.32 Å². The van der Waals surface area contributed by atoms with E-state index in [-0.39, 0.29) is 41.2 Å². The Hall–Kier alpha value is -4.05. The van der Waals surface area contributed by atoms with Gasteiger partial charge in [-0.1, -0.05) is 103 Å². The minimum absolute atomic E-state index is 0.00883. The third-order valence-corrected chi connectivity index (χ3v) is 11.2. The molecule has 1 saturated carbocycles. The van der Waals surface area contributed by atoms with Gasteiger partial charge in [-0.3, -0.25) is 13.9 Å². The van der Waals surface area contributed by atoms with Crippen molar-refractivity contribution in [2.75, 3.05) is 18.0 Å². The fraction of sp³-hybridized carbons (Fsp3) is 0.316. The van der Waals surface area contributed by atoms with E-state index in [4.69, 9.17) is 27.9 Å². The number of nitrogens with zero attached hydrogens (tertiary/aromatic N) is 2. The molecule has 0 aromatic heterocycles. The lowest BCUT2D eigenvalue weighted by Crippen LogP contribution is -2.55. The van der Waals surface area contributed by atoms with Gasteiger partial charge in [0.05, 0.1) is 17.7 Å². The lowest BCUT2D eigenvalue weighted by Gasteiger charge is -2.35. The topological polar surface area (TPSA) is 96.0 Å². The van der Waals surface area contributed by atoms with Crippen LogP contribution in [0.5, 0.6) is 5.75 Å². The molecule has 0 spiro atoms. The number of aryl methyl sites for hydroxylation is 1. The molecule has 0 saturated heterocycles. The maximum atomic E-state index is 14.8. The first-order chi connectivity index (χ1) is 23.6. The van der Waals surface area contributed by atoms with Crippen molar-refractivity contribution < 1.29 is 22.7 Å². The molecule has 258 valence electrons. The highest BCUT2D eigenvalue weighted by Gasteiger charge is 2.36. The average molecular weight is 723 g/mol. The van der Waals surface area contributed by atoms with Gasteiger partial charge < -0.3 is 15.0 Å². The predicted octanol–water partition coefficient (Wildman–Crippen LogP) is 7.59. The summed E-state index contributed by atoms with van der Waals surface area (Å²) < 4.78 is 35.4. The van der Waals surface area contributed by atoms with Crippen molar-refractivity contribution in [2.45, 2.75) is 69.0 Å². The summed E-state index contributed by atoms with van der Waals surface area (Å²) in [4.78, 5) is 30.6. The van der Waals surface area contributed by atoms with Crippen molar-refractivity contribution >= 4 is 50.7 Å². The van der Waals surface area contributed by atoms with Crippen LogP contribution in [0, 0.1) is 6.92 Å². The number of nitrogens with one attached hydrogen (secondary N) is 1. The number of benzene rings is 4. The van der Waals surface area contributed by atoms with Crippen LogP contribution in [-0.2, 0) is 32.6 Å². The SMILES string of the molecule is COc1ccc(C)cc1N(CC(=O)N(Cc1ccc(Cl)cc1Cl)[C@H](Cc1ccccc1)C(=O)NC1CCCCC1)S(=O)(=O)c1ccccc1. The number of carbonyl (C=O) groups is 2. The summed E-state index contributed by atoms with van der Waals surface area (Å²) >= 11 is 12.9. The highest BCUT2D eigenvalue weighted by Crippen LogP contribution is 2.34. The third kappa shape index (κ3) is 9.15. The van der Waals surface area contributed by atoms with E-state index in [1.807, 2.05) is 37.3 Å². The van der Waals surface area contributed by atoms with Crippen LogP contribution in [0.3, 0.4) is 0 Å². The number of halogens is 2. The van der Waals surface area contributed by atoms with Gasteiger partial charge in [-0.25, -0.2) is 8.42 Å². The monoisotopic (exact) mass is 721 g/mol. The van der Waals surface area contributed by atoms with Crippen molar-refractivity contribution in [1.82, 2.24) is 10.2 Å². The Bertz CT molecular complexity index is 1850. The maximum Gasteiger partial charge on any atom is 0.264 e. The first kappa shape index (κ1) is 36.2. The third-order valence-electron chi connectivity index (χ3n) is 8.79. The lowest BCUT2D eigenvalue weighted by molar-refractivity contribution is -0.140. The minimum Gasteiger partial charge on any atom is -0.495 e. The Labute approximate surface area is 299 Å². The molecule has 11 heteroatoms. The number of hydrogen-bond donors (Lipinski definition) is 1. The van der Waals surface area contributed by atoms with Gasteiger partial charge in [0.1, 0.15) is 18.3 Å². The number of amides is 2. The first-order valence-electron chi connectivity index (χ1n) is 16.4. The Kier molecular flexibility index (Phi) is 12.3. The Morgan fingerprint density at radius 3 is 2.22 bits per heavy atom. The molecule has 0 bridgehead atoms. The highest BCUT2D eigenvalue weighted by atomic mass is 35.5. The summed E-state index contributed by atoms with van der Waals surface area (Å²) in [6.45, 7) is 1.16. The van der Waals surface area contributed by atoms with Crippen molar-refractivity contribution in [3.8, 4) is 5.75 Å². The second-order valence-corrected chi connectivity index (χ2v) is 15.0. The molecule has 1 aliphatic carbocycles. The van der Waals surface area contributed by atoms with Crippen LogP contribution in [0.4, 0.5) is 5.69 Å². The van der Waals surface area contributed by atoms with Crippen molar-refractivity contribution in [1.29, 1.82) is 0 Å². The summed E-state index contributed by atoms with van der Waals surface area (Å²) in [7, 11) is -2.84. The lowest BCUT2D eigenvalue weighted by atomic mass is 9.94. The van der Waals surface area contributed by atoms with Crippen LogP contribution in [0.2, 0.25) is 10.0 Å².